The number of carboxylic acids is 1. The smallest absolute Gasteiger partial charge is 0.306 e. The fourth-order valence-electron chi connectivity index (χ4n) is 2.19. The minimum atomic E-state index is -0.761. The zero-order chi connectivity index (χ0) is 13.0. The minimum absolute atomic E-state index is 0.0978. The molecule has 1 aromatic heterocycles. The first-order chi connectivity index (χ1) is 8.66. The van der Waals surface area contributed by atoms with Gasteiger partial charge in [0, 0.05) is 18.3 Å². The zero-order valence-corrected chi connectivity index (χ0v) is 9.87. The van der Waals surface area contributed by atoms with Crippen molar-refractivity contribution in [3.05, 3.63) is 18.6 Å². The zero-order valence-electron chi connectivity index (χ0n) is 9.87. The summed E-state index contributed by atoms with van der Waals surface area (Å²) in [6, 6.07) is 0. The van der Waals surface area contributed by atoms with Crippen molar-refractivity contribution in [3.8, 4) is 0 Å². The van der Waals surface area contributed by atoms with Crippen LogP contribution in [0.25, 0.3) is 0 Å². The van der Waals surface area contributed by atoms with E-state index < -0.39 is 5.97 Å². The number of rotatable bonds is 3. The molecule has 0 saturated heterocycles. The average molecular weight is 249 g/mol. The number of carbonyl (C=O) groups excluding carboxylic acids is 1. The van der Waals surface area contributed by atoms with Gasteiger partial charge < -0.3 is 10.4 Å². The number of anilines is 1. The van der Waals surface area contributed by atoms with Gasteiger partial charge in [0.1, 0.15) is 0 Å². The molecule has 2 rings (SSSR count). The number of hydrogen-bond acceptors (Lipinski definition) is 4. The van der Waals surface area contributed by atoms with Crippen LogP contribution in [0.2, 0.25) is 0 Å². The number of aromatic nitrogens is 2. The van der Waals surface area contributed by atoms with Gasteiger partial charge >= 0.3 is 5.97 Å². The Balaban J connectivity index is 1.86. The molecule has 0 aromatic carbocycles. The monoisotopic (exact) mass is 249 g/mol. The quantitative estimate of drug-likeness (QED) is 0.842. The van der Waals surface area contributed by atoms with E-state index in [1.807, 2.05) is 0 Å². The maximum Gasteiger partial charge on any atom is 0.306 e. The number of aliphatic carboxylic acids is 1. The van der Waals surface area contributed by atoms with Gasteiger partial charge in [0.15, 0.2) is 5.82 Å². The molecule has 0 radical (unpaired) electrons. The van der Waals surface area contributed by atoms with Crippen LogP contribution >= 0.6 is 0 Å². The summed E-state index contributed by atoms with van der Waals surface area (Å²) in [4.78, 5) is 30.6. The van der Waals surface area contributed by atoms with Crippen LogP contribution in [0.1, 0.15) is 25.7 Å². The number of carbonyl (C=O) groups is 2. The van der Waals surface area contributed by atoms with E-state index in [0.29, 0.717) is 31.5 Å². The van der Waals surface area contributed by atoms with Crippen molar-refractivity contribution in [1.29, 1.82) is 0 Å². The van der Waals surface area contributed by atoms with Crippen molar-refractivity contribution >= 4 is 17.7 Å². The molecule has 18 heavy (non-hydrogen) atoms. The van der Waals surface area contributed by atoms with Gasteiger partial charge in [-0.05, 0) is 25.7 Å². The Morgan fingerprint density at radius 3 is 2.39 bits per heavy atom. The molecule has 96 valence electrons. The van der Waals surface area contributed by atoms with Gasteiger partial charge in [0.2, 0.25) is 5.91 Å². The Kier molecular flexibility index (Phi) is 3.86. The Labute approximate surface area is 104 Å². The van der Waals surface area contributed by atoms with E-state index in [4.69, 9.17) is 5.11 Å². The Morgan fingerprint density at radius 2 is 1.83 bits per heavy atom. The molecule has 0 aliphatic heterocycles. The number of carboxylic acid groups (broad SMARTS) is 1. The van der Waals surface area contributed by atoms with E-state index in [-0.39, 0.29) is 17.7 Å². The van der Waals surface area contributed by atoms with Crippen molar-refractivity contribution in [2.45, 2.75) is 25.7 Å². The molecule has 0 bridgehead atoms. The minimum Gasteiger partial charge on any atom is -0.481 e. The van der Waals surface area contributed by atoms with Crippen LogP contribution in [0, 0.1) is 11.8 Å². The summed E-state index contributed by atoms with van der Waals surface area (Å²) in [6.45, 7) is 0. The second kappa shape index (κ2) is 5.57. The van der Waals surface area contributed by atoms with Gasteiger partial charge in [-0.25, -0.2) is 4.98 Å². The summed E-state index contributed by atoms with van der Waals surface area (Å²) in [5.74, 6) is -0.849. The molecular weight excluding hydrogens is 234 g/mol. The van der Waals surface area contributed by atoms with Crippen molar-refractivity contribution in [3.63, 3.8) is 0 Å². The van der Waals surface area contributed by atoms with Gasteiger partial charge in [-0.2, -0.15) is 0 Å². The van der Waals surface area contributed by atoms with Crippen LogP contribution in [0.15, 0.2) is 18.6 Å². The number of nitrogens with one attached hydrogen (secondary N) is 1. The van der Waals surface area contributed by atoms with E-state index in [1.54, 1.807) is 0 Å². The standard InChI is InChI=1S/C12H15N3O3/c16-11(15-10-7-13-5-6-14-10)8-1-3-9(4-2-8)12(17)18/h5-9H,1-4H2,(H,17,18)(H,14,15,16). The molecule has 6 heteroatoms. The first-order valence-corrected chi connectivity index (χ1v) is 5.96. The van der Waals surface area contributed by atoms with Crippen LogP contribution in [0.5, 0.6) is 0 Å². The SMILES string of the molecule is O=C(O)C1CCC(C(=O)Nc2cnccn2)CC1. The van der Waals surface area contributed by atoms with Gasteiger partial charge in [0.25, 0.3) is 0 Å². The molecule has 1 aromatic rings. The second-order valence-electron chi connectivity index (χ2n) is 4.47. The van der Waals surface area contributed by atoms with Crippen LogP contribution in [-0.4, -0.2) is 27.0 Å². The first-order valence-electron chi connectivity index (χ1n) is 5.96. The molecule has 1 amide bonds. The molecule has 0 unspecified atom stereocenters. The molecule has 1 aliphatic carbocycles. The summed E-state index contributed by atoms with van der Waals surface area (Å²) < 4.78 is 0. The summed E-state index contributed by atoms with van der Waals surface area (Å²) in [5, 5.41) is 11.6. The van der Waals surface area contributed by atoms with Gasteiger partial charge in [-0.3, -0.25) is 14.6 Å². The number of hydrogen-bond donors (Lipinski definition) is 2. The molecule has 1 fully saturated rings. The summed E-state index contributed by atoms with van der Waals surface area (Å²) in [5.41, 5.74) is 0. The fraction of sp³-hybridized carbons (Fsp3) is 0.500. The van der Waals surface area contributed by atoms with Gasteiger partial charge in [-0.15, -0.1) is 0 Å². The van der Waals surface area contributed by atoms with Crippen LogP contribution in [0.4, 0.5) is 5.82 Å². The van der Waals surface area contributed by atoms with Crippen molar-refractivity contribution in [2.75, 3.05) is 5.32 Å². The van der Waals surface area contributed by atoms with Crippen LogP contribution in [0.3, 0.4) is 0 Å². The lowest BCUT2D eigenvalue weighted by atomic mass is 9.81. The third-order valence-corrected chi connectivity index (χ3v) is 3.26. The highest BCUT2D eigenvalue weighted by Gasteiger charge is 2.29. The van der Waals surface area contributed by atoms with E-state index in [2.05, 4.69) is 15.3 Å². The topological polar surface area (TPSA) is 92.2 Å². The molecule has 1 aliphatic rings. The van der Waals surface area contributed by atoms with E-state index in [0.717, 1.165) is 0 Å². The van der Waals surface area contributed by atoms with Gasteiger partial charge in [-0.1, -0.05) is 0 Å². The molecule has 6 nitrogen and oxygen atoms in total. The van der Waals surface area contributed by atoms with E-state index >= 15 is 0 Å². The molecule has 1 heterocycles. The third-order valence-electron chi connectivity index (χ3n) is 3.26. The van der Waals surface area contributed by atoms with Crippen molar-refractivity contribution < 1.29 is 14.7 Å². The Hall–Kier alpha value is -1.98. The Morgan fingerprint density at radius 1 is 1.17 bits per heavy atom. The molecule has 1 saturated carbocycles. The lowest BCUT2D eigenvalue weighted by Gasteiger charge is -2.24. The van der Waals surface area contributed by atoms with Gasteiger partial charge in [0.05, 0.1) is 12.1 Å². The Bertz CT molecular complexity index is 427. The summed E-state index contributed by atoms with van der Waals surface area (Å²) >= 11 is 0. The molecule has 0 atom stereocenters. The fourth-order valence-corrected chi connectivity index (χ4v) is 2.19. The summed E-state index contributed by atoms with van der Waals surface area (Å²) in [7, 11) is 0. The number of amides is 1. The van der Waals surface area contributed by atoms with Crippen molar-refractivity contribution in [1.82, 2.24) is 9.97 Å². The average Bonchev–Trinajstić information content (AvgIpc) is 2.40. The van der Waals surface area contributed by atoms with Crippen LogP contribution < -0.4 is 5.32 Å². The lowest BCUT2D eigenvalue weighted by Crippen LogP contribution is -2.29. The maximum absolute atomic E-state index is 11.9. The maximum atomic E-state index is 11.9. The predicted molar refractivity (Wildman–Crippen MR) is 63.7 cm³/mol. The predicted octanol–water partition coefficient (Wildman–Crippen LogP) is 1.31. The van der Waals surface area contributed by atoms with E-state index in [9.17, 15) is 9.59 Å². The highest BCUT2D eigenvalue weighted by atomic mass is 16.4. The molecule has 0 spiro atoms. The first kappa shape index (κ1) is 12.5. The largest absolute Gasteiger partial charge is 0.481 e. The third kappa shape index (κ3) is 3.03. The number of nitrogens with zero attached hydrogens (tertiary/aromatic N) is 2. The highest BCUT2D eigenvalue weighted by Crippen LogP contribution is 2.29. The summed E-state index contributed by atoms with van der Waals surface area (Å²) in [6.07, 6.45) is 6.89. The lowest BCUT2D eigenvalue weighted by molar-refractivity contribution is -0.143. The second-order valence-corrected chi connectivity index (χ2v) is 4.47. The highest BCUT2D eigenvalue weighted by molar-refractivity contribution is 5.91. The van der Waals surface area contributed by atoms with Crippen LogP contribution in [-0.2, 0) is 9.59 Å². The van der Waals surface area contributed by atoms with Crippen molar-refractivity contribution in [2.24, 2.45) is 11.8 Å². The normalized spacial score (nSPS) is 23.3. The molecular formula is C12H15N3O3. The molecule has 2 N–H and O–H groups in total. The van der Waals surface area contributed by atoms with E-state index in [1.165, 1.54) is 18.6 Å².